The van der Waals surface area contributed by atoms with E-state index in [4.69, 9.17) is 14.2 Å². The second kappa shape index (κ2) is 10.5. The van der Waals surface area contributed by atoms with Gasteiger partial charge in [0.2, 0.25) is 5.91 Å². The van der Waals surface area contributed by atoms with Gasteiger partial charge in [-0.15, -0.1) is 0 Å². The summed E-state index contributed by atoms with van der Waals surface area (Å²) in [5, 5.41) is 5.91. The molecule has 17 heavy (non-hydrogen) atoms. The van der Waals surface area contributed by atoms with Crippen molar-refractivity contribution in [1.82, 2.24) is 10.6 Å². The Hall–Kier alpha value is -0.690. The van der Waals surface area contributed by atoms with Crippen molar-refractivity contribution in [1.29, 1.82) is 0 Å². The van der Waals surface area contributed by atoms with Gasteiger partial charge >= 0.3 is 0 Å². The van der Waals surface area contributed by atoms with Crippen LogP contribution in [-0.4, -0.2) is 59.3 Å². The lowest BCUT2D eigenvalue weighted by molar-refractivity contribution is -0.123. The molecular formula is C11H24N2O4. The van der Waals surface area contributed by atoms with Crippen LogP contribution in [0.4, 0.5) is 0 Å². The third-order valence-corrected chi connectivity index (χ3v) is 2.32. The van der Waals surface area contributed by atoms with Crippen LogP contribution >= 0.6 is 0 Å². The molecule has 0 aromatic heterocycles. The fourth-order valence-electron chi connectivity index (χ4n) is 1.39. The normalized spacial score (nSPS) is 12.8. The van der Waals surface area contributed by atoms with Crippen molar-refractivity contribution < 1.29 is 19.0 Å². The number of ether oxygens (including phenoxy) is 3. The first-order valence-corrected chi connectivity index (χ1v) is 5.70. The Balaban J connectivity index is 3.58. The SMILES string of the molecule is COCCNC(=O)CCNC(C)C(OC)OC. The molecule has 2 N–H and O–H groups in total. The highest BCUT2D eigenvalue weighted by molar-refractivity contribution is 5.76. The van der Waals surface area contributed by atoms with Crippen molar-refractivity contribution in [3.05, 3.63) is 0 Å². The maximum absolute atomic E-state index is 11.3. The van der Waals surface area contributed by atoms with Gasteiger partial charge in [0.25, 0.3) is 0 Å². The van der Waals surface area contributed by atoms with E-state index in [0.29, 0.717) is 26.1 Å². The Labute approximate surface area is 103 Å². The standard InChI is InChI=1S/C11H24N2O4/c1-9(11(16-3)17-4)12-6-5-10(14)13-7-8-15-2/h9,11-12H,5-8H2,1-4H3,(H,13,14). The molecular weight excluding hydrogens is 224 g/mol. The van der Waals surface area contributed by atoms with Crippen LogP contribution in [0.25, 0.3) is 0 Å². The molecule has 0 saturated heterocycles. The Morgan fingerprint density at radius 1 is 1.18 bits per heavy atom. The van der Waals surface area contributed by atoms with Crippen molar-refractivity contribution >= 4 is 5.91 Å². The average molecular weight is 248 g/mol. The zero-order valence-corrected chi connectivity index (χ0v) is 11.1. The molecule has 0 bridgehead atoms. The fraction of sp³-hybridized carbons (Fsp3) is 0.909. The number of carbonyl (C=O) groups excluding carboxylic acids is 1. The van der Waals surface area contributed by atoms with Crippen molar-refractivity contribution in [2.75, 3.05) is 41.0 Å². The Morgan fingerprint density at radius 2 is 1.82 bits per heavy atom. The third-order valence-electron chi connectivity index (χ3n) is 2.32. The van der Waals surface area contributed by atoms with Gasteiger partial charge in [-0.05, 0) is 6.92 Å². The minimum Gasteiger partial charge on any atom is -0.383 e. The molecule has 1 amide bonds. The molecule has 102 valence electrons. The van der Waals surface area contributed by atoms with Gasteiger partial charge in [-0.2, -0.15) is 0 Å². The predicted molar refractivity (Wildman–Crippen MR) is 64.8 cm³/mol. The summed E-state index contributed by atoms with van der Waals surface area (Å²) in [6.45, 7) is 3.61. The minimum absolute atomic E-state index is 0.00753. The smallest absolute Gasteiger partial charge is 0.221 e. The molecule has 6 heteroatoms. The summed E-state index contributed by atoms with van der Waals surface area (Å²) in [5.41, 5.74) is 0. The summed E-state index contributed by atoms with van der Waals surface area (Å²) < 4.78 is 15.0. The van der Waals surface area contributed by atoms with E-state index in [0.717, 1.165) is 0 Å². The Morgan fingerprint density at radius 3 is 2.35 bits per heavy atom. The molecule has 1 atom stereocenters. The van der Waals surface area contributed by atoms with E-state index in [1.807, 2.05) is 6.92 Å². The second-order valence-electron chi connectivity index (χ2n) is 3.68. The zero-order chi connectivity index (χ0) is 13.1. The van der Waals surface area contributed by atoms with Crippen molar-refractivity contribution in [3.8, 4) is 0 Å². The second-order valence-corrected chi connectivity index (χ2v) is 3.68. The van der Waals surface area contributed by atoms with Crippen LogP contribution in [0.15, 0.2) is 0 Å². The summed E-state index contributed by atoms with van der Waals surface area (Å²) in [7, 11) is 4.78. The molecule has 0 aliphatic rings. The van der Waals surface area contributed by atoms with Gasteiger partial charge in [0.05, 0.1) is 12.6 Å². The molecule has 0 aliphatic heterocycles. The van der Waals surface area contributed by atoms with Crippen molar-refractivity contribution in [3.63, 3.8) is 0 Å². The molecule has 1 unspecified atom stereocenters. The summed E-state index contributed by atoms with van der Waals surface area (Å²) in [4.78, 5) is 11.3. The summed E-state index contributed by atoms with van der Waals surface area (Å²) in [5.74, 6) is 0.00753. The molecule has 0 aromatic rings. The maximum Gasteiger partial charge on any atom is 0.221 e. The summed E-state index contributed by atoms with van der Waals surface area (Å²) in [6, 6.07) is 0.0387. The van der Waals surface area contributed by atoms with Crippen LogP contribution in [0.5, 0.6) is 0 Å². The van der Waals surface area contributed by atoms with Crippen molar-refractivity contribution in [2.45, 2.75) is 25.7 Å². The van der Waals surface area contributed by atoms with Crippen LogP contribution in [0.2, 0.25) is 0 Å². The lowest BCUT2D eigenvalue weighted by Crippen LogP contribution is -2.41. The summed E-state index contributed by atoms with van der Waals surface area (Å²) in [6.07, 6.45) is 0.125. The van der Waals surface area contributed by atoms with Crippen LogP contribution in [-0.2, 0) is 19.0 Å². The highest BCUT2D eigenvalue weighted by atomic mass is 16.7. The topological polar surface area (TPSA) is 68.8 Å². The van der Waals surface area contributed by atoms with Gasteiger partial charge in [0, 0.05) is 40.8 Å². The molecule has 0 radical (unpaired) electrons. The van der Waals surface area contributed by atoms with Gasteiger partial charge in [-0.25, -0.2) is 0 Å². The predicted octanol–water partition coefficient (Wildman–Crippen LogP) is -0.264. The number of hydrogen-bond donors (Lipinski definition) is 2. The number of amides is 1. The van der Waals surface area contributed by atoms with Gasteiger partial charge in [0.15, 0.2) is 6.29 Å². The molecule has 0 fully saturated rings. The van der Waals surface area contributed by atoms with Crippen LogP contribution < -0.4 is 10.6 Å². The molecule has 0 rings (SSSR count). The maximum atomic E-state index is 11.3. The molecule has 0 aromatic carbocycles. The number of nitrogens with one attached hydrogen (secondary N) is 2. The average Bonchev–Trinajstić information content (AvgIpc) is 2.31. The largest absolute Gasteiger partial charge is 0.383 e. The first kappa shape index (κ1) is 16.3. The van der Waals surface area contributed by atoms with Gasteiger partial charge in [-0.1, -0.05) is 0 Å². The Bertz CT molecular complexity index is 198. The fourth-order valence-corrected chi connectivity index (χ4v) is 1.39. The molecule has 6 nitrogen and oxygen atoms in total. The highest BCUT2D eigenvalue weighted by Crippen LogP contribution is 1.98. The number of carbonyl (C=O) groups is 1. The third kappa shape index (κ3) is 8.09. The van der Waals surface area contributed by atoms with Crippen LogP contribution in [0.1, 0.15) is 13.3 Å². The van der Waals surface area contributed by atoms with E-state index in [9.17, 15) is 4.79 Å². The van der Waals surface area contributed by atoms with Crippen LogP contribution in [0, 0.1) is 0 Å². The van der Waals surface area contributed by atoms with E-state index >= 15 is 0 Å². The van der Waals surface area contributed by atoms with Gasteiger partial charge in [-0.3, -0.25) is 4.79 Å². The van der Waals surface area contributed by atoms with Gasteiger partial charge < -0.3 is 24.8 Å². The van der Waals surface area contributed by atoms with E-state index in [1.165, 1.54) is 0 Å². The molecule has 0 aliphatic carbocycles. The number of methoxy groups -OCH3 is 3. The molecule has 0 heterocycles. The van der Waals surface area contributed by atoms with E-state index in [-0.39, 0.29) is 18.2 Å². The zero-order valence-electron chi connectivity index (χ0n) is 11.1. The first-order chi connectivity index (χ1) is 8.15. The Kier molecular flexibility index (Phi) is 10.0. The van der Waals surface area contributed by atoms with Crippen LogP contribution in [0.3, 0.4) is 0 Å². The molecule has 0 spiro atoms. The lowest BCUT2D eigenvalue weighted by atomic mass is 10.3. The summed E-state index contributed by atoms with van der Waals surface area (Å²) >= 11 is 0. The number of hydrogen-bond acceptors (Lipinski definition) is 5. The minimum atomic E-state index is -0.299. The van der Waals surface area contributed by atoms with E-state index < -0.39 is 0 Å². The number of rotatable bonds is 10. The first-order valence-electron chi connectivity index (χ1n) is 5.70. The van der Waals surface area contributed by atoms with Crippen molar-refractivity contribution in [2.24, 2.45) is 0 Å². The lowest BCUT2D eigenvalue weighted by Gasteiger charge is -2.22. The highest BCUT2D eigenvalue weighted by Gasteiger charge is 2.14. The van der Waals surface area contributed by atoms with E-state index in [1.54, 1.807) is 21.3 Å². The van der Waals surface area contributed by atoms with E-state index in [2.05, 4.69) is 10.6 Å². The van der Waals surface area contributed by atoms with Gasteiger partial charge in [0.1, 0.15) is 0 Å². The molecule has 0 saturated carbocycles. The quantitative estimate of drug-likeness (QED) is 0.412. The monoisotopic (exact) mass is 248 g/mol.